The fourth-order valence-electron chi connectivity index (χ4n) is 1.92. The van der Waals surface area contributed by atoms with Crippen molar-refractivity contribution in [1.82, 2.24) is 4.72 Å². The van der Waals surface area contributed by atoms with Gasteiger partial charge in [0.15, 0.2) is 0 Å². The van der Waals surface area contributed by atoms with E-state index in [-0.39, 0.29) is 12.3 Å². The van der Waals surface area contributed by atoms with E-state index < -0.39 is 22.2 Å². The summed E-state index contributed by atoms with van der Waals surface area (Å²) >= 11 is 0. The van der Waals surface area contributed by atoms with Crippen molar-refractivity contribution < 1.29 is 22.7 Å². The van der Waals surface area contributed by atoms with Gasteiger partial charge < -0.3 is 9.47 Å². The molecule has 7 nitrogen and oxygen atoms in total. The molecule has 1 aromatic carbocycles. The average molecular weight is 314 g/mol. The third-order valence-electron chi connectivity index (χ3n) is 3.17. The fourth-order valence-corrected chi connectivity index (χ4v) is 2.57. The number of rotatable bonds is 6. The summed E-state index contributed by atoms with van der Waals surface area (Å²) in [6.07, 6.45) is -0.984. The van der Waals surface area contributed by atoms with E-state index in [1.54, 1.807) is 38.3 Å². The first-order valence-corrected chi connectivity index (χ1v) is 8.20. The monoisotopic (exact) mass is 314 g/mol. The van der Waals surface area contributed by atoms with Crippen molar-refractivity contribution in [1.29, 1.82) is 0 Å². The molecule has 1 saturated heterocycles. The van der Waals surface area contributed by atoms with Gasteiger partial charge in [-0.3, -0.25) is 4.90 Å². The van der Waals surface area contributed by atoms with E-state index in [1.165, 1.54) is 4.90 Å². The molecule has 0 spiro atoms. The number of nitrogens with zero attached hydrogens (tertiary/aromatic N) is 1. The number of hydrogen-bond donors (Lipinski definition) is 1. The van der Waals surface area contributed by atoms with Gasteiger partial charge in [-0.05, 0) is 31.2 Å². The van der Waals surface area contributed by atoms with Gasteiger partial charge in [-0.25, -0.2) is 17.9 Å². The van der Waals surface area contributed by atoms with Crippen molar-refractivity contribution in [3.8, 4) is 5.75 Å². The highest BCUT2D eigenvalue weighted by atomic mass is 32.2. The van der Waals surface area contributed by atoms with E-state index >= 15 is 0 Å². The Morgan fingerprint density at radius 1 is 1.38 bits per heavy atom. The summed E-state index contributed by atoms with van der Waals surface area (Å²) in [6.45, 7) is 1.93. The van der Waals surface area contributed by atoms with Crippen LogP contribution in [0.2, 0.25) is 0 Å². The third-order valence-corrected chi connectivity index (χ3v) is 4.54. The molecule has 1 unspecified atom stereocenters. The summed E-state index contributed by atoms with van der Waals surface area (Å²) in [5.74, 6) is 0.689. The Morgan fingerprint density at radius 3 is 2.62 bits per heavy atom. The van der Waals surface area contributed by atoms with E-state index in [9.17, 15) is 13.2 Å². The molecule has 1 heterocycles. The van der Waals surface area contributed by atoms with E-state index in [2.05, 4.69) is 4.72 Å². The second-order valence-corrected chi connectivity index (χ2v) is 6.66. The Bertz CT molecular complexity index is 599. The number of ether oxygens (including phenoxy) is 2. The Hall–Kier alpha value is -1.80. The van der Waals surface area contributed by atoms with Crippen molar-refractivity contribution in [2.75, 3.05) is 30.9 Å². The van der Waals surface area contributed by atoms with Gasteiger partial charge in [0.05, 0.1) is 19.4 Å². The maximum absolute atomic E-state index is 11.8. The van der Waals surface area contributed by atoms with Gasteiger partial charge in [-0.2, -0.15) is 0 Å². The molecule has 1 aliphatic heterocycles. The molecular weight excluding hydrogens is 296 g/mol. The van der Waals surface area contributed by atoms with Crippen molar-refractivity contribution in [2.45, 2.75) is 13.0 Å². The fraction of sp³-hybridized carbons (Fsp3) is 0.462. The van der Waals surface area contributed by atoms with Crippen LogP contribution in [0.3, 0.4) is 0 Å². The lowest BCUT2D eigenvalue weighted by Crippen LogP contribution is -2.35. The number of nitrogens with one attached hydrogen (secondary N) is 1. The van der Waals surface area contributed by atoms with Crippen molar-refractivity contribution in [3.63, 3.8) is 0 Å². The maximum atomic E-state index is 11.8. The zero-order chi connectivity index (χ0) is 15.5. The second kappa shape index (κ2) is 6.31. The SMILES string of the molecule is CCS(=O)(=O)NCC1CN(c2ccc(OC)cc2)C(=O)O1. The van der Waals surface area contributed by atoms with Crippen LogP contribution in [0.4, 0.5) is 10.5 Å². The summed E-state index contributed by atoms with van der Waals surface area (Å²) < 4.78 is 35.4. The molecular formula is C13H18N2O5S. The Balaban J connectivity index is 1.99. The molecule has 1 aliphatic rings. The quantitative estimate of drug-likeness (QED) is 0.845. The van der Waals surface area contributed by atoms with Crippen molar-refractivity contribution >= 4 is 21.8 Å². The average Bonchev–Trinajstić information content (AvgIpc) is 2.86. The number of methoxy groups -OCH3 is 1. The molecule has 1 fully saturated rings. The normalized spacial score (nSPS) is 18.7. The van der Waals surface area contributed by atoms with Gasteiger partial charge in [0.1, 0.15) is 11.9 Å². The largest absolute Gasteiger partial charge is 0.497 e. The van der Waals surface area contributed by atoms with E-state index in [0.29, 0.717) is 18.0 Å². The highest BCUT2D eigenvalue weighted by Gasteiger charge is 2.32. The number of carbonyl (C=O) groups excluding carboxylic acids is 1. The van der Waals surface area contributed by atoms with Crippen LogP contribution in [-0.4, -0.2) is 46.6 Å². The Labute approximate surface area is 123 Å². The van der Waals surface area contributed by atoms with Gasteiger partial charge in [0.25, 0.3) is 0 Å². The molecule has 2 rings (SSSR count). The smallest absolute Gasteiger partial charge is 0.414 e. The van der Waals surface area contributed by atoms with Gasteiger partial charge in [0.2, 0.25) is 10.0 Å². The lowest BCUT2D eigenvalue weighted by Gasteiger charge is -2.13. The predicted octanol–water partition coefficient (Wildman–Crippen LogP) is 0.960. The standard InChI is InChI=1S/C13H18N2O5S/c1-3-21(17,18)14-8-12-9-15(13(16)20-12)10-4-6-11(19-2)7-5-10/h4-7,12,14H,3,8-9H2,1-2H3. The summed E-state index contributed by atoms with van der Waals surface area (Å²) in [7, 11) is -1.73. The minimum absolute atomic E-state index is 0.00411. The van der Waals surface area contributed by atoms with Gasteiger partial charge in [-0.15, -0.1) is 0 Å². The molecule has 0 radical (unpaired) electrons. The van der Waals surface area contributed by atoms with Crippen LogP contribution < -0.4 is 14.4 Å². The summed E-state index contributed by atoms with van der Waals surface area (Å²) in [5, 5.41) is 0. The number of benzene rings is 1. The summed E-state index contributed by atoms with van der Waals surface area (Å²) in [5.41, 5.74) is 0.682. The van der Waals surface area contributed by atoms with E-state index in [0.717, 1.165) is 0 Å². The first-order chi connectivity index (χ1) is 9.95. The highest BCUT2D eigenvalue weighted by molar-refractivity contribution is 7.89. The first-order valence-electron chi connectivity index (χ1n) is 6.54. The molecule has 1 N–H and O–H groups in total. The van der Waals surface area contributed by atoms with Gasteiger partial charge in [0, 0.05) is 12.2 Å². The molecule has 1 amide bonds. The lowest BCUT2D eigenvalue weighted by molar-refractivity contribution is 0.143. The van der Waals surface area contributed by atoms with Gasteiger partial charge >= 0.3 is 6.09 Å². The molecule has 116 valence electrons. The van der Waals surface area contributed by atoms with Crippen LogP contribution in [0.25, 0.3) is 0 Å². The maximum Gasteiger partial charge on any atom is 0.414 e. The molecule has 0 bridgehead atoms. The number of anilines is 1. The summed E-state index contributed by atoms with van der Waals surface area (Å²) in [4.78, 5) is 13.3. The van der Waals surface area contributed by atoms with Crippen LogP contribution in [0.15, 0.2) is 24.3 Å². The highest BCUT2D eigenvalue weighted by Crippen LogP contribution is 2.23. The minimum atomic E-state index is -3.29. The molecule has 1 atom stereocenters. The molecule has 0 aliphatic carbocycles. The van der Waals surface area contributed by atoms with Crippen LogP contribution in [0, 0.1) is 0 Å². The third kappa shape index (κ3) is 3.85. The molecule has 0 aromatic heterocycles. The number of sulfonamides is 1. The molecule has 21 heavy (non-hydrogen) atoms. The van der Waals surface area contributed by atoms with Gasteiger partial charge in [-0.1, -0.05) is 0 Å². The minimum Gasteiger partial charge on any atom is -0.497 e. The molecule has 0 saturated carbocycles. The van der Waals surface area contributed by atoms with Crippen LogP contribution in [0.5, 0.6) is 5.75 Å². The number of amides is 1. The van der Waals surface area contributed by atoms with Crippen molar-refractivity contribution in [3.05, 3.63) is 24.3 Å². The Kier molecular flexibility index (Phi) is 4.69. The van der Waals surface area contributed by atoms with E-state index in [4.69, 9.17) is 9.47 Å². The predicted molar refractivity (Wildman–Crippen MR) is 78.1 cm³/mol. The van der Waals surface area contributed by atoms with Crippen LogP contribution in [0.1, 0.15) is 6.92 Å². The Morgan fingerprint density at radius 2 is 2.05 bits per heavy atom. The number of cyclic esters (lactones) is 1. The van der Waals surface area contributed by atoms with Crippen LogP contribution in [-0.2, 0) is 14.8 Å². The van der Waals surface area contributed by atoms with Crippen molar-refractivity contribution in [2.24, 2.45) is 0 Å². The number of carbonyl (C=O) groups is 1. The second-order valence-electron chi connectivity index (χ2n) is 4.57. The zero-order valence-corrected chi connectivity index (χ0v) is 12.7. The zero-order valence-electron chi connectivity index (χ0n) is 11.9. The molecule has 1 aromatic rings. The topological polar surface area (TPSA) is 84.9 Å². The first kappa shape index (κ1) is 15.6. The van der Waals surface area contributed by atoms with Crippen LogP contribution >= 0.6 is 0 Å². The summed E-state index contributed by atoms with van der Waals surface area (Å²) in [6, 6.07) is 6.99. The lowest BCUT2D eigenvalue weighted by atomic mass is 10.2. The molecule has 8 heteroatoms. The number of hydrogen-bond acceptors (Lipinski definition) is 5. The van der Waals surface area contributed by atoms with E-state index in [1.807, 2.05) is 0 Å².